The number of ether oxygens (including phenoxy) is 1. The first-order valence-corrected chi connectivity index (χ1v) is 6.83. The number of rotatable bonds is 4. The molecule has 1 aromatic rings. The maximum absolute atomic E-state index is 12.9. The molecule has 3 nitrogen and oxygen atoms in total. The lowest BCUT2D eigenvalue weighted by Gasteiger charge is -2.30. The highest BCUT2D eigenvalue weighted by Gasteiger charge is 2.24. The van der Waals surface area contributed by atoms with Crippen LogP contribution in [0.5, 0.6) is 0 Å². The van der Waals surface area contributed by atoms with E-state index < -0.39 is 0 Å². The summed E-state index contributed by atoms with van der Waals surface area (Å²) in [5.74, 6) is 0.00485. The average Bonchev–Trinajstić information content (AvgIpc) is 2.40. The minimum absolute atomic E-state index is 0.118. The van der Waals surface area contributed by atoms with Gasteiger partial charge in [0.15, 0.2) is 0 Å². The Bertz CT molecular complexity index is 419. The maximum Gasteiger partial charge on any atom is 0.306 e. The zero-order valence-electron chi connectivity index (χ0n) is 11.2. The van der Waals surface area contributed by atoms with Gasteiger partial charge in [-0.05, 0) is 49.9 Å². The molecule has 1 aromatic carbocycles. The molecule has 4 heteroatoms. The molecular formula is C15H20FNO2. The van der Waals surface area contributed by atoms with Gasteiger partial charge in [-0.15, -0.1) is 0 Å². The summed E-state index contributed by atoms with van der Waals surface area (Å²) in [4.78, 5) is 11.5. The number of hydrogen-bond donors (Lipinski definition) is 1. The number of hydrogen-bond acceptors (Lipinski definition) is 3. The van der Waals surface area contributed by atoms with Crippen LogP contribution >= 0.6 is 0 Å². The number of benzene rings is 1. The molecule has 0 spiro atoms. The first-order valence-electron chi connectivity index (χ1n) is 6.83. The van der Waals surface area contributed by atoms with Crippen molar-refractivity contribution in [3.63, 3.8) is 0 Å². The van der Waals surface area contributed by atoms with Crippen molar-refractivity contribution in [2.45, 2.75) is 32.2 Å². The van der Waals surface area contributed by atoms with Crippen molar-refractivity contribution in [2.24, 2.45) is 5.92 Å². The van der Waals surface area contributed by atoms with Crippen LogP contribution in [0.1, 0.15) is 37.8 Å². The number of piperidine rings is 1. The second-order valence-corrected chi connectivity index (χ2v) is 4.96. The highest BCUT2D eigenvalue weighted by Crippen LogP contribution is 2.29. The van der Waals surface area contributed by atoms with Crippen LogP contribution < -0.4 is 5.32 Å². The van der Waals surface area contributed by atoms with E-state index >= 15 is 0 Å². The molecule has 0 bridgehead atoms. The molecule has 0 amide bonds. The maximum atomic E-state index is 12.9. The quantitative estimate of drug-likeness (QED) is 0.851. The van der Waals surface area contributed by atoms with Gasteiger partial charge in [0.05, 0.1) is 6.61 Å². The van der Waals surface area contributed by atoms with E-state index in [-0.39, 0.29) is 17.8 Å². The lowest BCUT2D eigenvalue weighted by Crippen LogP contribution is -2.32. The van der Waals surface area contributed by atoms with Gasteiger partial charge < -0.3 is 10.1 Å². The monoisotopic (exact) mass is 265 g/mol. The third-order valence-electron chi connectivity index (χ3n) is 3.55. The molecule has 104 valence electrons. The number of esters is 1. The molecule has 1 N–H and O–H groups in total. The third-order valence-corrected chi connectivity index (χ3v) is 3.55. The molecule has 0 radical (unpaired) electrons. The average molecular weight is 265 g/mol. The van der Waals surface area contributed by atoms with Gasteiger partial charge >= 0.3 is 5.97 Å². The van der Waals surface area contributed by atoms with Crippen molar-refractivity contribution in [1.29, 1.82) is 0 Å². The van der Waals surface area contributed by atoms with E-state index in [1.165, 1.54) is 12.1 Å². The minimum atomic E-state index is -0.220. The largest absolute Gasteiger partial charge is 0.466 e. The van der Waals surface area contributed by atoms with E-state index in [0.717, 1.165) is 24.9 Å². The predicted octanol–water partition coefficient (Wildman–Crippen LogP) is 2.82. The van der Waals surface area contributed by atoms with E-state index in [0.29, 0.717) is 18.9 Å². The van der Waals surface area contributed by atoms with Gasteiger partial charge in [-0.1, -0.05) is 12.1 Å². The van der Waals surface area contributed by atoms with Crippen LogP contribution in [0.2, 0.25) is 0 Å². The zero-order valence-corrected chi connectivity index (χ0v) is 11.2. The van der Waals surface area contributed by atoms with Crippen LogP contribution in [0.25, 0.3) is 0 Å². The van der Waals surface area contributed by atoms with Crippen molar-refractivity contribution in [3.05, 3.63) is 35.6 Å². The van der Waals surface area contributed by atoms with Gasteiger partial charge in [-0.3, -0.25) is 4.79 Å². The fourth-order valence-corrected chi connectivity index (χ4v) is 2.59. The smallest absolute Gasteiger partial charge is 0.306 e. The van der Waals surface area contributed by atoms with Gasteiger partial charge in [-0.25, -0.2) is 4.39 Å². The Morgan fingerprint density at radius 1 is 1.42 bits per heavy atom. The van der Waals surface area contributed by atoms with Crippen molar-refractivity contribution in [1.82, 2.24) is 5.32 Å². The first kappa shape index (κ1) is 14.0. The molecule has 0 aromatic heterocycles. The molecule has 0 aliphatic carbocycles. The van der Waals surface area contributed by atoms with Crippen LogP contribution in [0.4, 0.5) is 4.39 Å². The van der Waals surface area contributed by atoms with Crippen LogP contribution in [0.3, 0.4) is 0 Å². The number of halogens is 1. The SMILES string of the molecule is CCOC(=O)C[C@@H]1CCN[C@H](c2ccc(F)cc2)C1. The summed E-state index contributed by atoms with van der Waals surface area (Å²) in [7, 11) is 0. The summed E-state index contributed by atoms with van der Waals surface area (Å²) >= 11 is 0. The van der Waals surface area contributed by atoms with E-state index in [9.17, 15) is 9.18 Å². The Hall–Kier alpha value is -1.42. The molecule has 0 unspecified atom stereocenters. The van der Waals surface area contributed by atoms with Crippen LogP contribution in [-0.4, -0.2) is 19.1 Å². The molecule has 0 saturated carbocycles. The molecular weight excluding hydrogens is 245 g/mol. The van der Waals surface area contributed by atoms with E-state index in [1.807, 2.05) is 6.92 Å². The highest BCUT2D eigenvalue weighted by molar-refractivity contribution is 5.69. The van der Waals surface area contributed by atoms with Gasteiger partial charge in [0, 0.05) is 12.5 Å². The summed E-state index contributed by atoms with van der Waals surface area (Å²) in [6, 6.07) is 6.77. The van der Waals surface area contributed by atoms with Crippen molar-refractivity contribution < 1.29 is 13.9 Å². The molecule has 1 aliphatic rings. The van der Waals surface area contributed by atoms with Crippen molar-refractivity contribution in [2.75, 3.05) is 13.2 Å². The van der Waals surface area contributed by atoms with Crippen LogP contribution in [0.15, 0.2) is 24.3 Å². The second kappa shape index (κ2) is 6.66. The Morgan fingerprint density at radius 2 is 2.16 bits per heavy atom. The van der Waals surface area contributed by atoms with E-state index in [2.05, 4.69) is 5.32 Å². The number of carbonyl (C=O) groups is 1. The molecule has 1 heterocycles. The Kier molecular flexibility index (Phi) is 4.91. The molecule has 19 heavy (non-hydrogen) atoms. The van der Waals surface area contributed by atoms with Crippen molar-refractivity contribution >= 4 is 5.97 Å². The highest BCUT2D eigenvalue weighted by atomic mass is 19.1. The zero-order chi connectivity index (χ0) is 13.7. The Labute approximate surface area is 113 Å². The van der Waals surface area contributed by atoms with Gasteiger partial charge in [0.25, 0.3) is 0 Å². The van der Waals surface area contributed by atoms with E-state index in [1.54, 1.807) is 12.1 Å². The summed E-state index contributed by atoms with van der Waals surface area (Å²) in [5, 5.41) is 3.42. The lowest BCUT2D eigenvalue weighted by atomic mass is 9.87. The Morgan fingerprint density at radius 3 is 2.84 bits per heavy atom. The Balaban J connectivity index is 1.93. The van der Waals surface area contributed by atoms with Gasteiger partial charge in [0.1, 0.15) is 5.82 Å². The second-order valence-electron chi connectivity index (χ2n) is 4.96. The lowest BCUT2D eigenvalue weighted by molar-refractivity contribution is -0.144. The summed E-state index contributed by atoms with van der Waals surface area (Å²) in [5.41, 5.74) is 1.08. The van der Waals surface area contributed by atoms with Gasteiger partial charge in [-0.2, -0.15) is 0 Å². The van der Waals surface area contributed by atoms with Crippen LogP contribution in [0, 0.1) is 11.7 Å². The normalized spacial score (nSPS) is 23.1. The van der Waals surface area contributed by atoms with Crippen LogP contribution in [-0.2, 0) is 9.53 Å². The first-order chi connectivity index (χ1) is 9.19. The molecule has 2 rings (SSSR count). The summed E-state index contributed by atoms with van der Waals surface area (Å²) in [6.07, 6.45) is 2.36. The minimum Gasteiger partial charge on any atom is -0.466 e. The molecule has 1 aliphatic heterocycles. The van der Waals surface area contributed by atoms with Crippen molar-refractivity contribution in [3.8, 4) is 0 Å². The summed E-state index contributed by atoms with van der Waals surface area (Å²) in [6.45, 7) is 3.14. The van der Waals surface area contributed by atoms with E-state index in [4.69, 9.17) is 4.74 Å². The number of carbonyl (C=O) groups excluding carboxylic acids is 1. The third kappa shape index (κ3) is 4.03. The number of nitrogens with one attached hydrogen (secondary N) is 1. The standard InChI is InChI=1S/C15H20FNO2/c1-2-19-15(18)10-11-7-8-17-14(9-11)12-3-5-13(16)6-4-12/h3-6,11,14,17H,2,7-10H2,1H3/t11-,14+/m1/s1. The topological polar surface area (TPSA) is 38.3 Å². The molecule has 2 atom stereocenters. The fraction of sp³-hybridized carbons (Fsp3) is 0.533. The van der Waals surface area contributed by atoms with Gasteiger partial charge in [0.2, 0.25) is 0 Å². The fourth-order valence-electron chi connectivity index (χ4n) is 2.59. The summed E-state index contributed by atoms with van der Waals surface area (Å²) < 4.78 is 17.9. The predicted molar refractivity (Wildman–Crippen MR) is 71.1 cm³/mol. The molecule has 1 saturated heterocycles. The molecule has 1 fully saturated rings.